The van der Waals surface area contributed by atoms with Crippen molar-refractivity contribution in [1.82, 2.24) is 10.6 Å². The number of amides is 1. The van der Waals surface area contributed by atoms with Crippen molar-refractivity contribution in [1.29, 1.82) is 0 Å². The smallest absolute Gasteiger partial charge is 0.225 e. The van der Waals surface area contributed by atoms with E-state index < -0.39 is 0 Å². The molecule has 2 saturated carbocycles. The molecule has 2 aliphatic carbocycles. The zero-order chi connectivity index (χ0) is 11.2. The third-order valence-corrected chi connectivity index (χ3v) is 5.07. The van der Waals surface area contributed by atoms with Gasteiger partial charge in [-0.15, -0.1) is 0 Å². The highest BCUT2D eigenvalue weighted by atomic mass is 16.2. The maximum absolute atomic E-state index is 11.9. The Hall–Kier alpha value is -0.570. The average Bonchev–Trinajstić information content (AvgIpc) is 2.75. The number of rotatable bonds is 3. The molecule has 2 atom stereocenters. The number of fused-ring (bicyclic) bond motifs is 1. The van der Waals surface area contributed by atoms with Gasteiger partial charge in [-0.3, -0.25) is 4.79 Å². The maximum Gasteiger partial charge on any atom is 0.225 e. The maximum atomic E-state index is 11.9. The molecular weight excluding hydrogens is 200 g/mol. The Morgan fingerprint density at radius 3 is 2.94 bits per heavy atom. The molecule has 2 N–H and O–H groups in total. The minimum atomic E-state index is -0.0171. The SMILES string of the molecule is CC1(C(=O)NC[C@]23CCC[C@H]2NCC3)CC1. The Labute approximate surface area is 97.4 Å². The number of carbonyl (C=O) groups is 1. The molecule has 3 rings (SSSR count). The highest BCUT2D eigenvalue weighted by Gasteiger charge is 2.49. The topological polar surface area (TPSA) is 41.1 Å². The molecule has 3 aliphatic rings. The summed E-state index contributed by atoms with van der Waals surface area (Å²) in [5.41, 5.74) is 0.373. The number of nitrogens with one attached hydrogen (secondary N) is 2. The van der Waals surface area contributed by atoms with Crippen molar-refractivity contribution < 1.29 is 4.79 Å². The first-order valence-corrected chi connectivity index (χ1v) is 6.66. The third kappa shape index (κ3) is 1.56. The largest absolute Gasteiger partial charge is 0.355 e. The van der Waals surface area contributed by atoms with E-state index in [0.29, 0.717) is 17.4 Å². The zero-order valence-corrected chi connectivity index (χ0v) is 10.1. The second kappa shape index (κ2) is 3.46. The number of hydrogen-bond acceptors (Lipinski definition) is 2. The van der Waals surface area contributed by atoms with Gasteiger partial charge in [-0.1, -0.05) is 13.3 Å². The van der Waals surface area contributed by atoms with Gasteiger partial charge in [0, 0.05) is 23.4 Å². The van der Waals surface area contributed by atoms with Gasteiger partial charge in [0.2, 0.25) is 5.91 Å². The van der Waals surface area contributed by atoms with Crippen molar-refractivity contribution in [2.45, 2.75) is 51.5 Å². The molecule has 0 bridgehead atoms. The van der Waals surface area contributed by atoms with Gasteiger partial charge in [-0.05, 0) is 38.6 Å². The molecule has 0 aromatic carbocycles. The molecule has 1 amide bonds. The van der Waals surface area contributed by atoms with Crippen molar-refractivity contribution >= 4 is 5.91 Å². The Kier molecular flexibility index (Phi) is 2.29. The van der Waals surface area contributed by atoms with Crippen LogP contribution in [0.25, 0.3) is 0 Å². The van der Waals surface area contributed by atoms with Crippen molar-refractivity contribution in [2.24, 2.45) is 10.8 Å². The lowest BCUT2D eigenvalue weighted by Gasteiger charge is -2.29. The Bertz CT molecular complexity index is 299. The number of hydrogen-bond donors (Lipinski definition) is 2. The summed E-state index contributed by atoms with van der Waals surface area (Å²) in [4.78, 5) is 11.9. The van der Waals surface area contributed by atoms with E-state index in [1.54, 1.807) is 0 Å². The van der Waals surface area contributed by atoms with E-state index in [0.717, 1.165) is 25.9 Å². The molecule has 1 heterocycles. The van der Waals surface area contributed by atoms with E-state index in [2.05, 4.69) is 17.6 Å². The fraction of sp³-hybridized carbons (Fsp3) is 0.923. The molecule has 1 aliphatic heterocycles. The van der Waals surface area contributed by atoms with Gasteiger partial charge in [0.1, 0.15) is 0 Å². The monoisotopic (exact) mass is 222 g/mol. The van der Waals surface area contributed by atoms with Crippen LogP contribution >= 0.6 is 0 Å². The highest BCUT2D eigenvalue weighted by Crippen LogP contribution is 2.47. The first kappa shape index (κ1) is 10.6. The molecule has 0 spiro atoms. The van der Waals surface area contributed by atoms with Crippen LogP contribution in [0.5, 0.6) is 0 Å². The Balaban J connectivity index is 1.60. The molecule has 3 fully saturated rings. The normalized spacial score (nSPS) is 39.4. The zero-order valence-electron chi connectivity index (χ0n) is 10.1. The van der Waals surface area contributed by atoms with Crippen molar-refractivity contribution in [3.05, 3.63) is 0 Å². The molecule has 1 saturated heterocycles. The van der Waals surface area contributed by atoms with Crippen LogP contribution in [0.1, 0.15) is 45.4 Å². The van der Waals surface area contributed by atoms with Crippen LogP contribution in [-0.2, 0) is 4.79 Å². The van der Waals surface area contributed by atoms with Gasteiger partial charge in [0.15, 0.2) is 0 Å². The van der Waals surface area contributed by atoms with Crippen LogP contribution in [0.15, 0.2) is 0 Å². The summed E-state index contributed by atoms with van der Waals surface area (Å²) in [5, 5.41) is 6.80. The first-order chi connectivity index (χ1) is 7.65. The Morgan fingerprint density at radius 1 is 1.38 bits per heavy atom. The minimum Gasteiger partial charge on any atom is -0.355 e. The fourth-order valence-corrected chi connectivity index (χ4v) is 3.44. The summed E-state index contributed by atoms with van der Waals surface area (Å²) >= 11 is 0. The quantitative estimate of drug-likeness (QED) is 0.758. The average molecular weight is 222 g/mol. The van der Waals surface area contributed by atoms with E-state index in [-0.39, 0.29) is 5.41 Å². The molecule has 90 valence electrons. The molecule has 0 aromatic heterocycles. The number of carbonyl (C=O) groups excluding carboxylic acids is 1. The van der Waals surface area contributed by atoms with Gasteiger partial charge in [-0.2, -0.15) is 0 Å². The third-order valence-electron chi connectivity index (χ3n) is 5.07. The summed E-state index contributed by atoms with van der Waals surface area (Å²) in [6, 6.07) is 0.666. The van der Waals surface area contributed by atoms with E-state index in [9.17, 15) is 4.79 Å². The van der Waals surface area contributed by atoms with E-state index >= 15 is 0 Å². The lowest BCUT2D eigenvalue weighted by molar-refractivity contribution is -0.126. The van der Waals surface area contributed by atoms with Crippen molar-refractivity contribution in [3.63, 3.8) is 0 Å². The predicted octanol–water partition coefficient (Wildman–Crippen LogP) is 1.43. The summed E-state index contributed by atoms with van der Waals surface area (Å²) in [7, 11) is 0. The summed E-state index contributed by atoms with van der Waals surface area (Å²) in [6.07, 6.45) is 7.31. The van der Waals surface area contributed by atoms with Gasteiger partial charge in [-0.25, -0.2) is 0 Å². The minimum absolute atomic E-state index is 0.0171. The van der Waals surface area contributed by atoms with E-state index in [1.165, 1.54) is 25.7 Å². The molecule has 0 aromatic rings. The molecule has 3 heteroatoms. The summed E-state index contributed by atoms with van der Waals surface area (Å²) < 4.78 is 0. The van der Waals surface area contributed by atoms with Crippen LogP contribution in [0, 0.1) is 10.8 Å². The van der Waals surface area contributed by atoms with Crippen molar-refractivity contribution in [2.75, 3.05) is 13.1 Å². The predicted molar refractivity (Wildman–Crippen MR) is 63.0 cm³/mol. The van der Waals surface area contributed by atoms with Crippen LogP contribution in [0.2, 0.25) is 0 Å². The second-order valence-corrected chi connectivity index (χ2v) is 6.25. The van der Waals surface area contributed by atoms with Crippen molar-refractivity contribution in [3.8, 4) is 0 Å². The highest BCUT2D eigenvalue weighted by molar-refractivity contribution is 5.84. The van der Waals surface area contributed by atoms with Gasteiger partial charge in [0.05, 0.1) is 0 Å². The standard InChI is InChI=1S/C13H22N2O/c1-12(5-6-12)11(16)15-9-13-4-2-3-10(13)14-8-7-13/h10,14H,2-9H2,1H3,(H,15,16)/t10-,13-/m1/s1. The Morgan fingerprint density at radius 2 is 2.19 bits per heavy atom. The molecule has 16 heavy (non-hydrogen) atoms. The molecular formula is C13H22N2O. The first-order valence-electron chi connectivity index (χ1n) is 6.66. The molecule has 0 unspecified atom stereocenters. The van der Waals surface area contributed by atoms with Crippen LogP contribution in [0.3, 0.4) is 0 Å². The summed E-state index contributed by atoms with van der Waals surface area (Å²) in [6.45, 7) is 4.12. The van der Waals surface area contributed by atoms with E-state index in [1.807, 2.05) is 0 Å². The fourth-order valence-electron chi connectivity index (χ4n) is 3.44. The summed E-state index contributed by atoms with van der Waals surface area (Å²) in [5.74, 6) is 0.291. The van der Waals surface area contributed by atoms with Crippen LogP contribution in [0.4, 0.5) is 0 Å². The van der Waals surface area contributed by atoms with E-state index in [4.69, 9.17) is 0 Å². The molecule has 3 nitrogen and oxygen atoms in total. The second-order valence-electron chi connectivity index (χ2n) is 6.25. The molecule has 0 radical (unpaired) electrons. The van der Waals surface area contributed by atoms with Crippen LogP contribution in [-0.4, -0.2) is 25.0 Å². The van der Waals surface area contributed by atoms with Gasteiger partial charge < -0.3 is 10.6 Å². The van der Waals surface area contributed by atoms with Gasteiger partial charge in [0.25, 0.3) is 0 Å². The lowest BCUT2D eigenvalue weighted by atomic mass is 9.82. The lowest BCUT2D eigenvalue weighted by Crippen LogP contribution is -2.43. The van der Waals surface area contributed by atoms with Crippen LogP contribution < -0.4 is 10.6 Å². The van der Waals surface area contributed by atoms with Gasteiger partial charge >= 0.3 is 0 Å².